The van der Waals surface area contributed by atoms with Gasteiger partial charge in [0.2, 0.25) is 0 Å². The number of aryl methyl sites for hydroxylation is 1. The molecule has 1 heterocycles. The van der Waals surface area contributed by atoms with E-state index in [1.54, 1.807) is 43.8 Å². The topological polar surface area (TPSA) is 88.0 Å². The number of benzene rings is 2. The van der Waals surface area contributed by atoms with Crippen LogP contribution in [0.15, 0.2) is 45.6 Å². The van der Waals surface area contributed by atoms with E-state index in [0.29, 0.717) is 34.6 Å². The van der Waals surface area contributed by atoms with Gasteiger partial charge in [-0.15, -0.1) is 0 Å². The molecule has 2 aromatic carbocycles. The van der Waals surface area contributed by atoms with Gasteiger partial charge >= 0.3 is 24.6 Å². The molecular formula is C26H27FLiN3O3-2. The number of hydrogen-bond acceptors (Lipinski definition) is 4. The average Bonchev–Trinajstić information content (AvgIpc) is 3.41. The first-order valence-electron chi connectivity index (χ1n) is 10.7. The fourth-order valence-corrected chi connectivity index (χ4v) is 4.10. The van der Waals surface area contributed by atoms with Crippen molar-refractivity contribution in [3.8, 4) is 17.2 Å². The molecule has 0 saturated heterocycles. The minimum absolute atomic E-state index is 0. The van der Waals surface area contributed by atoms with E-state index in [9.17, 15) is 19.2 Å². The van der Waals surface area contributed by atoms with Gasteiger partial charge in [-0.3, -0.25) is 4.57 Å². The van der Waals surface area contributed by atoms with E-state index in [1.807, 2.05) is 6.07 Å². The summed E-state index contributed by atoms with van der Waals surface area (Å²) >= 11 is 0. The molecule has 6 nitrogen and oxygen atoms in total. The maximum absolute atomic E-state index is 14.8. The van der Waals surface area contributed by atoms with Crippen LogP contribution >= 0.6 is 0 Å². The minimum Gasteiger partial charge on any atom is -0.408 e. The summed E-state index contributed by atoms with van der Waals surface area (Å²) < 4.78 is 21.3. The predicted octanol–water partition coefficient (Wildman–Crippen LogP) is 1.54. The van der Waals surface area contributed by atoms with E-state index in [0.717, 1.165) is 24.8 Å². The Balaban J connectivity index is 0.00000204. The Hall–Kier alpha value is -2.93. The van der Waals surface area contributed by atoms with Gasteiger partial charge < -0.3 is 34.8 Å². The molecule has 0 bridgehead atoms. The second kappa shape index (κ2) is 12.0. The van der Waals surface area contributed by atoms with E-state index < -0.39 is 17.6 Å². The van der Waals surface area contributed by atoms with Crippen molar-refractivity contribution in [3.05, 3.63) is 78.6 Å². The number of aromatic nitrogens is 1. The largest absolute Gasteiger partial charge is 1.00 e. The third kappa shape index (κ3) is 6.14. The molecule has 4 rings (SSSR count). The van der Waals surface area contributed by atoms with Crippen molar-refractivity contribution < 1.29 is 32.5 Å². The van der Waals surface area contributed by atoms with Crippen molar-refractivity contribution in [2.45, 2.75) is 38.1 Å². The summed E-state index contributed by atoms with van der Waals surface area (Å²) in [5, 5.41) is 12.1. The average molecular weight is 455 g/mol. The normalized spacial score (nSPS) is 15.6. The quantitative estimate of drug-likeness (QED) is 0.433. The molecular weight excluding hydrogens is 428 g/mol. The maximum atomic E-state index is 14.8. The van der Waals surface area contributed by atoms with Crippen molar-refractivity contribution in [3.63, 3.8) is 0 Å². The van der Waals surface area contributed by atoms with Crippen LogP contribution in [0, 0.1) is 43.3 Å². The Bertz CT molecular complexity index is 1240. The van der Waals surface area contributed by atoms with Crippen LogP contribution in [0.3, 0.4) is 0 Å². The number of halogens is 1. The molecule has 8 heteroatoms. The van der Waals surface area contributed by atoms with Crippen LogP contribution in [0.25, 0.3) is 22.2 Å². The van der Waals surface area contributed by atoms with Gasteiger partial charge in [-0.2, -0.15) is 24.0 Å². The van der Waals surface area contributed by atoms with E-state index in [1.165, 1.54) is 10.6 Å². The summed E-state index contributed by atoms with van der Waals surface area (Å²) in [6, 6.07) is 11.2. The molecule has 1 aromatic heterocycles. The molecule has 3 aromatic rings. The monoisotopic (exact) mass is 455 g/mol. The molecule has 0 spiro atoms. The summed E-state index contributed by atoms with van der Waals surface area (Å²) in [7, 11) is 1.61. The van der Waals surface area contributed by atoms with Crippen LogP contribution in [0.1, 0.15) is 31.2 Å². The Morgan fingerprint density at radius 2 is 2.09 bits per heavy atom. The fraction of sp³-hybridized carbons (Fsp3) is 0.308. The van der Waals surface area contributed by atoms with Crippen molar-refractivity contribution in [1.82, 2.24) is 9.88 Å². The summed E-state index contributed by atoms with van der Waals surface area (Å²) in [6.07, 6.45) is 7.89. The molecule has 0 radical (unpaired) electrons. The van der Waals surface area contributed by atoms with Crippen LogP contribution in [0.4, 0.5) is 4.39 Å². The van der Waals surface area contributed by atoms with E-state index in [4.69, 9.17) is 4.42 Å². The molecule has 0 unspecified atom stereocenters. The zero-order valence-corrected chi connectivity index (χ0v) is 19.8. The van der Waals surface area contributed by atoms with Crippen molar-refractivity contribution in [1.29, 1.82) is 5.26 Å². The van der Waals surface area contributed by atoms with Crippen LogP contribution in [-0.4, -0.2) is 16.5 Å². The van der Waals surface area contributed by atoms with Crippen molar-refractivity contribution in [2.24, 2.45) is 13.0 Å². The van der Waals surface area contributed by atoms with Crippen LogP contribution in [0.5, 0.6) is 0 Å². The van der Waals surface area contributed by atoms with Gasteiger partial charge in [0.05, 0.1) is 17.5 Å². The number of nitrogens with one attached hydrogen (secondary N) is 1. The number of carbonyl (C=O) groups excluding carboxylic acids is 1. The molecule has 1 fully saturated rings. The van der Waals surface area contributed by atoms with E-state index in [2.05, 4.69) is 11.7 Å². The van der Waals surface area contributed by atoms with Gasteiger partial charge in [0.25, 0.3) is 0 Å². The zero-order chi connectivity index (χ0) is 22.7. The van der Waals surface area contributed by atoms with Gasteiger partial charge in [-0.1, -0.05) is 31.0 Å². The van der Waals surface area contributed by atoms with Gasteiger partial charge in [-0.25, -0.2) is 9.18 Å². The molecule has 1 amide bonds. The summed E-state index contributed by atoms with van der Waals surface area (Å²) in [5.74, 6) is -0.785. The third-order valence-electron chi connectivity index (χ3n) is 5.96. The standard InChI is InChI=1S/C25H24FN3O3.CH3.Li/c1-29-22-14-18(9-10-23(22)32-25(29)31)17-7-8-19(21(26)13-17)12-20(15-27)28-24(30)11-6-16-4-2-3-5-16;;/h4,7-11,13-14,16,20H,2-3,5-6,12H2,1H3,(H,28,30);1H3;/q-2;-1;+1/t16-,20-;;/m0../s1. The van der Waals surface area contributed by atoms with Gasteiger partial charge in [0.15, 0.2) is 5.58 Å². The van der Waals surface area contributed by atoms with Crippen LogP contribution < -0.4 is 29.9 Å². The molecule has 1 aliphatic carbocycles. The summed E-state index contributed by atoms with van der Waals surface area (Å²) in [6.45, 7) is 0. The summed E-state index contributed by atoms with van der Waals surface area (Å²) in [5.41, 5.74) is 2.81. The van der Waals surface area contributed by atoms with Crippen molar-refractivity contribution >= 4 is 17.0 Å². The first-order valence-corrected chi connectivity index (χ1v) is 10.7. The van der Waals surface area contributed by atoms with E-state index in [-0.39, 0.29) is 38.6 Å². The Kier molecular flexibility index (Phi) is 9.62. The van der Waals surface area contributed by atoms with Crippen molar-refractivity contribution in [2.75, 3.05) is 0 Å². The number of nitrogens with zero attached hydrogens (tertiary/aromatic N) is 2. The molecule has 2 atom stereocenters. The zero-order valence-electron chi connectivity index (χ0n) is 19.8. The molecule has 34 heavy (non-hydrogen) atoms. The molecule has 1 aliphatic rings. The number of amides is 1. The van der Waals surface area contributed by atoms with Crippen LogP contribution in [0.2, 0.25) is 0 Å². The maximum Gasteiger partial charge on any atom is 1.00 e. The molecule has 0 aliphatic heterocycles. The Morgan fingerprint density at radius 1 is 1.35 bits per heavy atom. The van der Waals surface area contributed by atoms with Gasteiger partial charge in [-0.05, 0) is 34.9 Å². The smallest absolute Gasteiger partial charge is 0.408 e. The first-order chi connectivity index (χ1) is 15.4. The SMILES string of the molecule is Cn1c(=O)oc2ccc(-c3ccc(C[C@@H](C#N)NC(=O)[CH-]C[C@H]4[CH-]CCC4)c(F)c3)cc21.[CH3-].[Li+]. The number of fused-ring (bicyclic) bond motifs is 1. The fourth-order valence-electron chi connectivity index (χ4n) is 4.10. The second-order valence-electron chi connectivity index (χ2n) is 8.18. The number of hydrogen-bond donors (Lipinski definition) is 1. The molecule has 1 N–H and O–H groups in total. The molecule has 1 saturated carbocycles. The number of oxazole rings is 1. The van der Waals surface area contributed by atoms with E-state index >= 15 is 0 Å². The number of carbonyl (C=O) groups is 1. The first kappa shape index (κ1) is 27.3. The Morgan fingerprint density at radius 3 is 2.76 bits per heavy atom. The number of nitriles is 1. The second-order valence-corrected chi connectivity index (χ2v) is 8.18. The molecule has 174 valence electrons. The summed E-state index contributed by atoms with van der Waals surface area (Å²) in [4.78, 5) is 23.8. The van der Waals surface area contributed by atoms with Gasteiger partial charge in [0.1, 0.15) is 11.9 Å². The van der Waals surface area contributed by atoms with Crippen LogP contribution in [-0.2, 0) is 18.3 Å². The number of rotatable bonds is 7. The predicted molar refractivity (Wildman–Crippen MR) is 125 cm³/mol. The third-order valence-corrected chi connectivity index (χ3v) is 5.96. The Labute approximate surface area is 211 Å². The van der Waals surface area contributed by atoms with Gasteiger partial charge in [0, 0.05) is 13.5 Å². The minimum atomic E-state index is -0.816.